The van der Waals surface area contributed by atoms with E-state index in [9.17, 15) is 4.79 Å². The number of aryl methyl sites for hydroxylation is 2. The fraction of sp³-hybridized carbons (Fsp3) is 0.211. The Hall–Kier alpha value is -2.95. The molecule has 3 aromatic rings. The van der Waals surface area contributed by atoms with Crippen molar-refractivity contribution in [3.8, 4) is 0 Å². The van der Waals surface area contributed by atoms with Crippen LogP contribution in [-0.2, 0) is 11.2 Å². The van der Waals surface area contributed by atoms with Crippen molar-refractivity contribution in [3.05, 3.63) is 82.9 Å². The summed E-state index contributed by atoms with van der Waals surface area (Å²) >= 11 is 0. The molecule has 0 saturated carbocycles. The number of pyridine rings is 1. The third-order valence-corrected chi connectivity index (χ3v) is 4.10. The molecule has 0 radical (unpaired) electrons. The predicted octanol–water partition coefficient (Wildman–Crippen LogP) is 2.87. The Labute approximate surface area is 141 Å². The lowest BCUT2D eigenvalue weighted by molar-refractivity contribution is -0.121. The van der Waals surface area contributed by atoms with E-state index in [1.807, 2.05) is 56.3 Å². The van der Waals surface area contributed by atoms with Gasteiger partial charge in [-0.05, 0) is 37.1 Å². The number of aromatic amines is 1. The third-order valence-electron chi connectivity index (χ3n) is 4.10. The van der Waals surface area contributed by atoms with E-state index in [1.165, 1.54) is 0 Å². The van der Waals surface area contributed by atoms with Gasteiger partial charge in [-0.25, -0.2) is 0 Å². The minimum Gasteiger partial charge on any atom is -0.345 e. The van der Waals surface area contributed by atoms with Crippen molar-refractivity contribution < 1.29 is 4.79 Å². The predicted molar refractivity (Wildman–Crippen MR) is 92.4 cm³/mol. The second kappa shape index (κ2) is 7.08. The van der Waals surface area contributed by atoms with Crippen molar-refractivity contribution >= 4 is 5.91 Å². The van der Waals surface area contributed by atoms with E-state index in [1.54, 1.807) is 12.4 Å². The molecule has 0 aliphatic carbocycles. The molecule has 2 N–H and O–H groups in total. The molecule has 1 amide bonds. The van der Waals surface area contributed by atoms with Gasteiger partial charge in [-0.2, -0.15) is 5.10 Å². The van der Waals surface area contributed by atoms with Crippen LogP contribution in [-0.4, -0.2) is 21.1 Å². The molecule has 1 atom stereocenters. The van der Waals surface area contributed by atoms with Crippen molar-refractivity contribution in [3.63, 3.8) is 0 Å². The number of hydrogen-bond acceptors (Lipinski definition) is 3. The van der Waals surface area contributed by atoms with E-state index in [4.69, 9.17) is 0 Å². The van der Waals surface area contributed by atoms with Gasteiger partial charge in [0.05, 0.1) is 18.2 Å². The third kappa shape index (κ3) is 3.51. The Balaban J connectivity index is 1.83. The molecule has 5 heteroatoms. The molecule has 0 aliphatic rings. The number of rotatable bonds is 5. The van der Waals surface area contributed by atoms with E-state index in [2.05, 4.69) is 20.5 Å². The molecular formula is C19H20N4O. The normalized spacial score (nSPS) is 11.9. The smallest absolute Gasteiger partial charge is 0.225 e. The summed E-state index contributed by atoms with van der Waals surface area (Å²) in [6.07, 6.45) is 3.78. The molecule has 1 unspecified atom stereocenters. The van der Waals surface area contributed by atoms with Crippen LogP contribution in [0.15, 0.2) is 54.9 Å². The van der Waals surface area contributed by atoms with Gasteiger partial charge in [-0.1, -0.05) is 30.3 Å². The number of benzene rings is 1. The van der Waals surface area contributed by atoms with Crippen LogP contribution in [0.2, 0.25) is 0 Å². The van der Waals surface area contributed by atoms with Gasteiger partial charge in [0, 0.05) is 23.7 Å². The van der Waals surface area contributed by atoms with Crippen LogP contribution >= 0.6 is 0 Å². The minimum atomic E-state index is -0.200. The number of hydrogen-bond donors (Lipinski definition) is 2. The molecular weight excluding hydrogens is 300 g/mol. The number of nitrogens with zero attached hydrogens (tertiary/aromatic N) is 2. The monoisotopic (exact) mass is 320 g/mol. The summed E-state index contributed by atoms with van der Waals surface area (Å²) in [6, 6.07) is 13.6. The maximum absolute atomic E-state index is 12.6. The van der Waals surface area contributed by atoms with Crippen LogP contribution < -0.4 is 5.32 Å². The van der Waals surface area contributed by atoms with Gasteiger partial charge in [0.2, 0.25) is 5.91 Å². The highest BCUT2D eigenvalue weighted by Crippen LogP contribution is 2.21. The van der Waals surface area contributed by atoms with Gasteiger partial charge in [0.15, 0.2) is 0 Å². The highest BCUT2D eigenvalue weighted by atomic mass is 16.1. The largest absolute Gasteiger partial charge is 0.345 e. The number of carbonyl (C=O) groups excluding carboxylic acids is 1. The van der Waals surface area contributed by atoms with Gasteiger partial charge >= 0.3 is 0 Å². The van der Waals surface area contributed by atoms with Gasteiger partial charge in [-0.3, -0.25) is 14.9 Å². The van der Waals surface area contributed by atoms with E-state index in [-0.39, 0.29) is 11.9 Å². The summed E-state index contributed by atoms with van der Waals surface area (Å²) in [5.74, 6) is -0.0340. The van der Waals surface area contributed by atoms with Crippen LogP contribution in [0, 0.1) is 13.8 Å². The van der Waals surface area contributed by atoms with Gasteiger partial charge in [-0.15, -0.1) is 0 Å². The Morgan fingerprint density at radius 2 is 1.75 bits per heavy atom. The second-order valence-electron chi connectivity index (χ2n) is 5.78. The van der Waals surface area contributed by atoms with Gasteiger partial charge in [0.1, 0.15) is 0 Å². The molecule has 2 aromatic heterocycles. The van der Waals surface area contributed by atoms with Crippen molar-refractivity contribution in [2.24, 2.45) is 0 Å². The summed E-state index contributed by atoms with van der Waals surface area (Å²) < 4.78 is 0. The molecule has 0 fully saturated rings. The zero-order chi connectivity index (χ0) is 16.9. The molecule has 24 heavy (non-hydrogen) atoms. The summed E-state index contributed by atoms with van der Waals surface area (Å²) in [7, 11) is 0. The maximum atomic E-state index is 12.6. The SMILES string of the molecule is Cc1n[nH]c(C)c1CC(=O)NC(c1ccccc1)c1ccncc1. The number of nitrogens with one attached hydrogen (secondary N) is 2. The lowest BCUT2D eigenvalue weighted by Gasteiger charge is -2.20. The van der Waals surface area contributed by atoms with Crippen molar-refractivity contribution in [2.45, 2.75) is 26.3 Å². The summed E-state index contributed by atoms with van der Waals surface area (Å²) in [5, 5.41) is 10.2. The zero-order valence-corrected chi connectivity index (χ0v) is 13.8. The number of H-pyrrole nitrogens is 1. The lowest BCUT2D eigenvalue weighted by Crippen LogP contribution is -2.30. The van der Waals surface area contributed by atoms with E-state index < -0.39 is 0 Å². The summed E-state index contributed by atoms with van der Waals surface area (Å²) in [5.41, 5.74) is 4.79. The Bertz CT molecular complexity index is 753. The average molecular weight is 320 g/mol. The fourth-order valence-corrected chi connectivity index (χ4v) is 2.77. The summed E-state index contributed by atoms with van der Waals surface area (Å²) in [6.45, 7) is 3.84. The molecule has 122 valence electrons. The lowest BCUT2D eigenvalue weighted by atomic mass is 9.99. The second-order valence-corrected chi connectivity index (χ2v) is 5.78. The van der Waals surface area contributed by atoms with Crippen molar-refractivity contribution in [1.82, 2.24) is 20.5 Å². The molecule has 0 aliphatic heterocycles. The van der Waals surface area contributed by atoms with Crippen LogP contribution in [0.1, 0.15) is 34.1 Å². The zero-order valence-electron chi connectivity index (χ0n) is 13.8. The molecule has 0 saturated heterocycles. The Morgan fingerprint density at radius 1 is 1.08 bits per heavy atom. The molecule has 3 rings (SSSR count). The van der Waals surface area contributed by atoms with E-state index in [0.717, 1.165) is 28.1 Å². The van der Waals surface area contributed by atoms with Crippen LogP contribution in [0.3, 0.4) is 0 Å². The van der Waals surface area contributed by atoms with E-state index >= 15 is 0 Å². The number of amides is 1. The Kier molecular flexibility index (Phi) is 4.70. The first kappa shape index (κ1) is 15.9. The Morgan fingerprint density at radius 3 is 2.38 bits per heavy atom. The average Bonchev–Trinajstić information content (AvgIpc) is 2.93. The molecule has 5 nitrogen and oxygen atoms in total. The molecule has 2 heterocycles. The molecule has 1 aromatic carbocycles. The first-order valence-electron chi connectivity index (χ1n) is 7.90. The number of aromatic nitrogens is 3. The van der Waals surface area contributed by atoms with Crippen LogP contribution in [0.25, 0.3) is 0 Å². The first-order chi connectivity index (χ1) is 11.6. The first-order valence-corrected chi connectivity index (χ1v) is 7.90. The van der Waals surface area contributed by atoms with Crippen molar-refractivity contribution in [2.75, 3.05) is 0 Å². The van der Waals surface area contributed by atoms with Crippen LogP contribution in [0.5, 0.6) is 0 Å². The van der Waals surface area contributed by atoms with Gasteiger partial charge in [0.25, 0.3) is 0 Å². The standard InChI is InChI=1S/C19H20N4O/c1-13-17(14(2)23-22-13)12-18(24)21-19(15-6-4-3-5-7-15)16-8-10-20-11-9-16/h3-11,19H,12H2,1-2H3,(H,21,24)(H,22,23). The fourth-order valence-electron chi connectivity index (χ4n) is 2.77. The maximum Gasteiger partial charge on any atom is 0.225 e. The van der Waals surface area contributed by atoms with E-state index in [0.29, 0.717) is 6.42 Å². The number of carbonyl (C=O) groups is 1. The van der Waals surface area contributed by atoms with Gasteiger partial charge < -0.3 is 5.32 Å². The minimum absolute atomic E-state index is 0.0340. The molecule has 0 spiro atoms. The van der Waals surface area contributed by atoms with Crippen LogP contribution in [0.4, 0.5) is 0 Å². The molecule has 0 bridgehead atoms. The summed E-state index contributed by atoms with van der Waals surface area (Å²) in [4.78, 5) is 16.7. The topological polar surface area (TPSA) is 70.7 Å². The quantitative estimate of drug-likeness (QED) is 0.759. The van der Waals surface area contributed by atoms with Crippen molar-refractivity contribution in [1.29, 1.82) is 0 Å². The highest BCUT2D eigenvalue weighted by Gasteiger charge is 2.18. The highest BCUT2D eigenvalue weighted by molar-refractivity contribution is 5.80.